The molecular formula is C24H23FN2. The molecule has 2 aromatic heterocycles. The molecule has 4 unspecified atom stereocenters. The summed E-state index contributed by atoms with van der Waals surface area (Å²) in [4.78, 5) is 5.19. The highest BCUT2D eigenvalue weighted by atomic mass is 19.1. The molecule has 3 heteroatoms. The Balaban J connectivity index is 1.83. The number of nitrogens with zero attached hydrogens (tertiary/aromatic N) is 2. The fourth-order valence-electron chi connectivity index (χ4n) is 5.94. The van der Waals surface area contributed by atoms with E-state index in [1.54, 1.807) is 12.1 Å². The maximum absolute atomic E-state index is 14.3. The molecule has 2 bridgehead atoms. The van der Waals surface area contributed by atoms with E-state index in [1.165, 1.54) is 36.0 Å². The molecule has 0 spiro atoms. The molecule has 0 aliphatic heterocycles. The van der Waals surface area contributed by atoms with E-state index in [4.69, 9.17) is 4.98 Å². The first kappa shape index (κ1) is 15.6. The van der Waals surface area contributed by atoms with Crippen LogP contribution in [-0.2, 0) is 0 Å². The van der Waals surface area contributed by atoms with Crippen LogP contribution >= 0.6 is 0 Å². The third-order valence-corrected chi connectivity index (χ3v) is 7.10. The number of aromatic nitrogens is 2. The SMILES string of the molecule is CC1CC2CC(C1)C(C)c1nc3c4ccccc4c4ccc(F)cc4n3c12. The highest BCUT2D eigenvalue weighted by Crippen LogP contribution is 2.52. The Labute approximate surface area is 158 Å². The topological polar surface area (TPSA) is 17.3 Å². The van der Waals surface area contributed by atoms with Gasteiger partial charge in [-0.1, -0.05) is 38.1 Å². The number of imidazole rings is 1. The van der Waals surface area contributed by atoms with Gasteiger partial charge in [-0.2, -0.15) is 0 Å². The van der Waals surface area contributed by atoms with Crippen LogP contribution in [0.4, 0.5) is 4.39 Å². The molecular weight excluding hydrogens is 335 g/mol. The Morgan fingerprint density at radius 1 is 0.963 bits per heavy atom. The molecule has 2 aliphatic carbocycles. The van der Waals surface area contributed by atoms with Crippen LogP contribution in [0.5, 0.6) is 0 Å². The Kier molecular flexibility index (Phi) is 3.07. The zero-order valence-electron chi connectivity index (χ0n) is 15.7. The molecule has 2 aromatic carbocycles. The van der Waals surface area contributed by atoms with Gasteiger partial charge in [0, 0.05) is 28.3 Å². The second kappa shape index (κ2) is 5.31. The molecule has 0 amide bonds. The van der Waals surface area contributed by atoms with Crippen molar-refractivity contribution in [3.63, 3.8) is 0 Å². The van der Waals surface area contributed by atoms with Crippen molar-refractivity contribution in [1.82, 2.24) is 9.38 Å². The van der Waals surface area contributed by atoms with E-state index < -0.39 is 0 Å². The van der Waals surface area contributed by atoms with E-state index in [-0.39, 0.29) is 5.82 Å². The number of halogens is 1. The van der Waals surface area contributed by atoms with Crippen LogP contribution < -0.4 is 0 Å². The average molecular weight is 358 g/mol. The summed E-state index contributed by atoms with van der Waals surface area (Å²) in [7, 11) is 0. The van der Waals surface area contributed by atoms with Crippen molar-refractivity contribution < 1.29 is 4.39 Å². The van der Waals surface area contributed by atoms with Gasteiger partial charge >= 0.3 is 0 Å². The number of fused-ring (bicyclic) bond motifs is 11. The summed E-state index contributed by atoms with van der Waals surface area (Å²) in [5.41, 5.74) is 4.56. The van der Waals surface area contributed by atoms with Gasteiger partial charge < -0.3 is 0 Å². The van der Waals surface area contributed by atoms with E-state index in [2.05, 4.69) is 42.5 Å². The second-order valence-electron chi connectivity index (χ2n) is 8.81. The molecule has 4 aromatic rings. The molecule has 2 nitrogen and oxygen atoms in total. The number of benzene rings is 2. The first-order valence-corrected chi connectivity index (χ1v) is 10.1. The summed E-state index contributed by atoms with van der Waals surface area (Å²) >= 11 is 0. The molecule has 0 N–H and O–H groups in total. The van der Waals surface area contributed by atoms with Crippen molar-refractivity contribution in [3.05, 3.63) is 59.7 Å². The van der Waals surface area contributed by atoms with Crippen LogP contribution in [0.1, 0.15) is 56.3 Å². The van der Waals surface area contributed by atoms with Crippen LogP contribution in [0.15, 0.2) is 42.5 Å². The maximum Gasteiger partial charge on any atom is 0.145 e. The summed E-state index contributed by atoms with van der Waals surface area (Å²) < 4.78 is 16.6. The van der Waals surface area contributed by atoms with E-state index in [9.17, 15) is 4.39 Å². The number of rotatable bonds is 0. The second-order valence-corrected chi connectivity index (χ2v) is 8.81. The monoisotopic (exact) mass is 358 g/mol. The fraction of sp³-hybridized carbons (Fsp3) is 0.375. The highest BCUT2D eigenvalue weighted by Gasteiger charge is 2.41. The zero-order valence-corrected chi connectivity index (χ0v) is 15.7. The van der Waals surface area contributed by atoms with Crippen molar-refractivity contribution in [1.29, 1.82) is 0 Å². The Hall–Kier alpha value is -2.42. The van der Waals surface area contributed by atoms with E-state index in [0.29, 0.717) is 11.8 Å². The van der Waals surface area contributed by atoms with Gasteiger partial charge in [0.2, 0.25) is 0 Å². The number of hydrogen-bond donors (Lipinski definition) is 0. The molecule has 0 radical (unpaired) electrons. The molecule has 1 fully saturated rings. The molecule has 0 saturated heterocycles. The first-order valence-electron chi connectivity index (χ1n) is 10.1. The Morgan fingerprint density at radius 3 is 2.63 bits per heavy atom. The first-order chi connectivity index (χ1) is 13.1. The molecule has 136 valence electrons. The lowest BCUT2D eigenvalue weighted by molar-refractivity contribution is 0.203. The van der Waals surface area contributed by atoms with Gasteiger partial charge in [0.05, 0.1) is 11.2 Å². The van der Waals surface area contributed by atoms with Crippen LogP contribution in [0.25, 0.3) is 27.3 Å². The van der Waals surface area contributed by atoms with E-state index >= 15 is 0 Å². The van der Waals surface area contributed by atoms with Crippen LogP contribution in [0, 0.1) is 17.7 Å². The van der Waals surface area contributed by atoms with Gasteiger partial charge in [0.1, 0.15) is 11.5 Å². The zero-order chi connectivity index (χ0) is 18.3. The number of hydrogen-bond acceptors (Lipinski definition) is 1. The largest absolute Gasteiger partial charge is 0.295 e. The molecule has 6 rings (SSSR count). The minimum atomic E-state index is -0.180. The molecule has 2 heterocycles. The van der Waals surface area contributed by atoms with Crippen molar-refractivity contribution in [2.75, 3.05) is 0 Å². The predicted octanol–water partition coefficient (Wildman–Crippen LogP) is 6.42. The molecule has 2 aliphatic rings. The van der Waals surface area contributed by atoms with Crippen LogP contribution in [0.3, 0.4) is 0 Å². The lowest BCUT2D eigenvalue weighted by atomic mass is 9.65. The van der Waals surface area contributed by atoms with E-state index in [0.717, 1.165) is 33.8 Å². The minimum absolute atomic E-state index is 0.180. The number of pyridine rings is 1. The third-order valence-electron chi connectivity index (χ3n) is 7.10. The van der Waals surface area contributed by atoms with Gasteiger partial charge in [0.25, 0.3) is 0 Å². The van der Waals surface area contributed by atoms with Crippen LogP contribution in [0.2, 0.25) is 0 Å². The predicted molar refractivity (Wildman–Crippen MR) is 108 cm³/mol. The fourth-order valence-corrected chi connectivity index (χ4v) is 5.94. The molecule has 27 heavy (non-hydrogen) atoms. The smallest absolute Gasteiger partial charge is 0.145 e. The highest BCUT2D eigenvalue weighted by molar-refractivity contribution is 6.11. The quantitative estimate of drug-likeness (QED) is 0.332. The van der Waals surface area contributed by atoms with Gasteiger partial charge in [0.15, 0.2) is 0 Å². The van der Waals surface area contributed by atoms with Gasteiger partial charge in [-0.05, 0) is 54.7 Å². The lowest BCUT2D eigenvalue weighted by Crippen LogP contribution is -2.30. The summed E-state index contributed by atoms with van der Waals surface area (Å²) in [5, 5.41) is 3.44. The van der Waals surface area contributed by atoms with Crippen molar-refractivity contribution in [2.45, 2.75) is 44.9 Å². The van der Waals surface area contributed by atoms with Crippen molar-refractivity contribution in [2.24, 2.45) is 11.8 Å². The summed E-state index contributed by atoms with van der Waals surface area (Å²) in [6, 6.07) is 13.6. The van der Waals surface area contributed by atoms with Gasteiger partial charge in [-0.15, -0.1) is 0 Å². The van der Waals surface area contributed by atoms with Crippen LogP contribution in [-0.4, -0.2) is 9.38 Å². The third kappa shape index (κ3) is 2.03. The summed E-state index contributed by atoms with van der Waals surface area (Å²) in [6.07, 6.45) is 3.77. The van der Waals surface area contributed by atoms with Crippen molar-refractivity contribution in [3.8, 4) is 0 Å². The van der Waals surface area contributed by atoms with E-state index in [1.807, 2.05) is 6.07 Å². The normalized spacial score (nSPS) is 27.4. The van der Waals surface area contributed by atoms with Crippen molar-refractivity contribution >= 4 is 27.3 Å². The summed E-state index contributed by atoms with van der Waals surface area (Å²) in [5.74, 6) is 2.30. The average Bonchev–Trinajstić information content (AvgIpc) is 3.07. The minimum Gasteiger partial charge on any atom is -0.295 e. The Bertz CT molecular complexity index is 1220. The molecule has 1 saturated carbocycles. The standard InChI is InChI=1S/C24H23FN2/c1-13-9-15-11-16(10-13)23-22(14(15)2)26-24-20-6-4-3-5-18(20)19-8-7-17(25)12-21(19)27(23)24/h3-8,12-16H,9-11H2,1-2H3. The maximum atomic E-state index is 14.3. The Morgan fingerprint density at radius 2 is 1.78 bits per heavy atom. The molecule has 4 atom stereocenters. The lowest BCUT2D eigenvalue weighted by Gasteiger charge is -2.41. The summed E-state index contributed by atoms with van der Waals surface area (Å²) in [6.45, 7) is 4.72. The van der Waals surface area contributed by atoms with Gasteiger partial charge in [-0.25, -0.2) is 9.37 Å². The van der Waals surface area contributed by atoms with Gasteiger partial charge in [-0.3, -0.25) is 4.40 Å².